The first-order valence-corrected chi connectivity index (χ1v) is 6.56. The summed E-state index contributed by atoms with van der Waals surface area (Å²) in [5.74, 6) is 0.584. The number of carbonyl (C=O) groups is 1. The van der Waals surface area contributed by atoms with E-state index in [1.54, 1.807) is 42.7 Å². The van der Waals surface area contributed by atoms with Crippen LogP contribution in [0.2, 0.25) is 5.02 Å². The van der Waals surface area contributed by atoms with Crippen LogP contribution in [0.25, 0.3) is 11.3 Å². The first-order valence-electron chi connectivity index (χ1n) is 6.19. The number of benzene rings is 2. The van der Waals surface area contributed by atoms with Gasteiger partial charge in [-0.3, -0.25) is 4.79 Å². The fourth-order valence-electron chi connectivity index (χ4n) is 2.10. The minimum atomic E-state index is -0.0475. The van der Waals surface area contributed by atoms with Gasteiger partial charge in [0.05, 0.1) is 6.26 Å². The van der Waals surface area contributed by atoms with E-state index in [0.717, 1.165) is 0 Å². The van der Waals surface area contributed by atoms with E-state index in [2.05, 4.69) is 0 Å². The van der Waals surface area contributed by atoms with Gasteiger partial charge in [0.2, 0.25) is 0 Å². The Kier molecular flexibility index (Phi) is 3.40. The summed E-state index contributed by atoms with van der Waals surface area (Å²) >= 11 is 6.03. The molecule has 3 aromatic rings. The molecule has 0 amide bonds. The number of hydrogen-bond acceptors (Lipinski definition) is 2. The molecular formula is C17H11ClO2. The van der Waals surface area contributed by atoms with E-state index in [-0.39, 0.29) is 5.78 Å². The quantitative estimate of drug-likeness (QED) is 0.644. The lowest BCUT2D eigenvalue weighted by Gasteiger charge is -2.07. The molecule has 2 aromatic carbocycles. The molecule has 2 nitrogen and oxygen atoms in total. The SMILES string of the molecule is O=C(c1ccccc1)c1ccc(Cl)cc1-c1ccco1. The molecule has 3 heteroatoms. The molecule has 3 rings (SSSR count). The van der Waals surface area contributed by atoms with Gasteiger partial charge in [-0.25, -0.2) is 0 Å². The maximum absolute atomic E-state index is 12.6. The summed E-state index contributed by atoms with van der Waals surface area (Å²) in [6.45, 7) is 0. The third-order valence-electron chi connectivity index (χ3n) is 3.05. The van der Waals surface area contributed by atoms with Crippen LogP contribution in [0, 0.1) is 0 Å². The Labute approximate surface area is 121 Å². The van der Waals surface area contributed by atoms with Gasteiger partial charge in [0, 0.05) is 21.7 Å². The molecule has 0 fully saturated rings. The molecule has 1 aromatic heterocycles. The summed E-state index contributed by atoms with van der Waals surface area (Å²) in [5.41, 5.74) is 1.93. The van der Waals surface area contributed by atoms with Crippen LogP contribution in [0.4, 0.5) is 0 Å². The molecule has 0 N–H and O–H groups in total. The van der Waals surface area contributed by atoms with Gasteiger partial charge in [0.15, 0.2) is 5.78 Å². The van der Waals surface area contributed by atoms with Crippen molar-refractivity contribution in [2.45, 2.75) is 0 Å². The Morgan fingerprint density at radius 2 is 1.75 bits per heavy atom. The van der Waals surface area contributed by atoms with Crippen molar-refractivity contribution in [3.63, 3.8) is 0 Å². The van der Waals surface area contributed by atoms with E-state index in [4.69, 9.17) is 16.0 Å². The third-order valence-corrected chi connectivity index (χ3v) is 3.28. The molecule has 0 aliphatic heterocycles. The molecule has 0 saturated carbocycles. The monoisotopic (exact) mass is 282 g/mol. The number of ketones is 1. The number of halogens is 1. The summed E-state index contributed by atoms with van der Waals surface area (Å²) in [7, 11) is 0. The van der Waals surface area contributed by atoms with Crippen molar-refractivity contribution in [1.82, 2.24) is 0 Å². The van der Waals surface area contributed by atoms with Crippen molar-refractivity contribution in [2.24, 2.45) is 0 Å². The fraction of sp³-hybridized carbons (Fsp3) is 0. The number of carbonyl (C=O) groups excluding carboxylic acids is 1. The van der Waals surface area contributed by atoms with Crippen LogP contribution >= 0.6 is 11.6 Å². The van der Waals surface area contributed by atoms with E-state index < -0.39 is 0 Å². The molecule has 0 radical (unpaired) electrons. The van der Waals surface area contributed by atoms with Crippen LogP contribution in [-0.4, -0.2) is 5.78 Å². The minimum absolute atomic E-state index is 0.0475. The average molecular weight is 283 g/mol. The highest BCUT2D eigenvalue weighted by atomic mass is 35.5. The van der Waals surface area contributed by atoms with Crippen LogP contribution < -0.4 is 0 Å². The summed E-state index contributed by atoms with van der Waals surface area (Å²) in [6, 6.07) is 17.9. The Hall–Kier alpha value is -2.32. The lowest BCUT2D eigenvalue weighted by Crippen LogP contribution is -2.03. The number of hydrogen-bond donors (Lipinski definition) is 0. The Balaban J connectivity index is 2.13. The molecular weight excluding hydrogens is 272 g/mol. The summed E-state index contributed by atoms with van der Waals surface area (Å²) in [6.07, 6.45) is 1.58. The lowest BCUT2D eigenvalue weighted by atomic mass is 9.97. The zero-order valence-electron chi connectivity index (χ0n) is 10.5. The molecule has 0 unspecified atom stereocenters. The molecule has 98 valence electrons. The van der Waals surface area contributed by atoms with E-state index >= 15 is 0 Å². The Morgan fingerprint density at radius 1 is 0.950 bits per heavy atom. The third kappa shape index (κ3) is 2.38. The number of rotatable bonds is 3. The van der Waals surface area contributed by atoms with Crippen LogP contribution in [0.5, 0.6) is 0 Å². The van der Waals surface area contributed by atoms with Crippen molar-refractivity contribution in [3.8, 4) is 11.3 Å². The van der Waals surface area contributed by atoms with Gasteiger partial charge in [-0.2, -0.15) is 0 Å². The highest BCUT2D eigenvalue weighted by Gasteiger charge is 2.16. The first-order chi connectivity index (χ1) is 9.75. The second-order valence-corrected chi connectivity index (χ2v) is 4.80. The maximum atomic E-state index is 12.6. The average Bonchev–Trinajstić information content (AvgIpc) is 3.01. The van der Waals surface area contributed by atoms with Crippen molar-refractivity contribution >= 4 is 17.4 Å². The van der Waals surface area contributed by atoms with Gasteiger partial charge in [0.25, 0.3) is 0 Å². The van der Waals surface area contributed by atoms with Gasteiger partial charge >= 0.3 is 0 Å². The van der Waals surface area contributed by atoms with E-state index in [0.29, 0.717) is 27.5 Å². The second-order valence-electron chi connectivity index (χ2n) is 4.36. The fourth-order valence-corrected chi connectivity index (χ4v) is 2.27. The molecule has 0 spiro atoms. The summed E-state index contributed by atoms with van der Waals surface area (Å²) in [4.78, 5) is 12.6. The predicted octanol–water partition coefficient (Wildman–Crippen LogP) is 4.83. The Bertz CT molecular complexity index is 731. The van der Waals surface area contributed by atoms with Crippen LogP contribution in [0.3, 0.4) is 0 Å². The molecule has 0 bridgehead atoms. The normalized spacial score (nSPS) is 10.4. The molecule has 0 aliphatic rings. The van der Waals surface area contributed by atoms with Gasteiger partial charge in [0.1, 0.15) is 5.76 Å². The zero-order chi connectivity index (χ0) is 13.9. The van der Waals surface area contributed by atoms with Crippen molar-refractivity contribution < 1.29 is 9.21 Å². The molecule has 0 aliphatic carbocycles. The molecule has 1 heterocycles. The van der Waals surface area contributed by atoms with Crippen molar-refractivity contribution in [3.05, 3.63) is 83.1 Å². The van der Waals surface area contributed by atoms with Gasteiger partial charge in [-0.1, -0.05) is 41.9 Å². The molecule has 0 atom stereocenters. The van der Waals surface area contributed by atoms with Crippen LogP contribution in [-0.2, 0) is 0 Å². The first kappa shape index (κ1) is 12.7. The van der Waals surface area contributed by atoms with Gasteiger partial charge in [-0.15, -0.1) is 0 Å². The lowest BCUT2D eigenvalue weighted by molar-refractivity contribution is 0.103. The van der Waals surface area contributed by atoms with Crippen LogP contribution in [0.15, 0.2) is 71.3 Å². The summed E-state index contributed by atoms with van der Waals surface area (Å²) < 4.78 is 5.39. The van der Waals surface area contributed by atoms with E-state index in [1.165, 1.54) is 0 Å². The van der Waals surface area contributed by atoms with Gasteiger partial charge < -0.3 is 4.42 Å². The van der Waals surface area contributed by atoms with E-state index in [9.17, 15) is 4.79 Å². The highest BCUT2D eigenvalue weighted by Crippen LogP contribution is 2.29. The topological polar surface area (TPSA) is 30.2 Å². The number of furan rings is 1. The predicted molar refractivity (Wildman–Crippen MR) is 79.0 cm³/mol. The standard InChI is InChI=1S/C17H11ClO2/c18-13-8-9-14(15(11-13)16-7-4-10-20-16)17(19)12-5-2-1-3-6-12/h1-11H. The highest BCUT2D eigenvalue weighted by molar-refractivity contribution is 6.31. The Morgan fingerprint density at radius 3 is 2.45 bits per heavy atom. The van der Waals surface area contributed by atoms with Crippen LogP contribution in [0.1, 0.15) is 15.9 Å². The maximum Gasteiger partial charge on any atom is 0.193 e. The minimum Gasteiger partial charge on any atom is -0.464 e. The zero-order valence-corrected chi connectivity index (χ0v) is 11.3. The largest absolute Gasteiger partial charge is 0.464 e. The smallest absolute Gasteiger partial charge is 0.193 e. The summed E-state index contributed by atoms with van der Waals surface area (Å²) in [5, 5.41) is 0.570. The van der Waals surface area contributed by atoms with E-state index in [1.807, 2.05) is 24.3 Å². The van der Waals surface area contributed by atoms with Gasteiger partial charge in [-0.05, 0) is 30.3 Å². The van der Waals surface area contributed by atoms with Crippen molar-refractivity contribution in [1.29, 1.82) is 0 Å². The second kappa shape index (κ2) is 5.35. The molecule has 0 saturated heterocycles. The van der Waals surface area contributed by atoms with Crippen molar-refractivity contribution in [2.75, 3.05) is 0 Å². The molecule has 20 heavy (non-hydrogen) atoms.